The molecule has 0 unspecified atom stereocenters. The number of carbonyl (C=O) groups excluding carboxylic acids is 1. The fourth-order valence-electron chi connectivity index (χ4n) is 0.879. The number of benzene rings is 1. The molecule has 2 N–H and O–H groups in total. The second-order valence-electron chi connectivity index (χ2n) is 2.39. The lowest BCUT2D eigenvalue weighted by atomic mass is 10.1. The highest BCUT2D eigenvalue weighted by molar-refractivity contribution is 6.37. The average molecular weight is 174 g/mol. The normalized spacial score (nSPS) is 9.42. The maximum atomic E-state index is 10.8. The average Bonchev–Trinajstić information content (AvgIpc) is 2.04. The van der Waals surface area contributed by atoms with Crippen molar-refractivity contribution in [1.29, 1.82) is 0 Å². The first-order valence-corrected chi connectivity index (χ1v) is 3.92. The second-order valence-corrected chi connectivity index (χ2v) is 2.93. The molecule has 0 aliphatic carbocycles. The highest BCUT2D eigenvalue weighted by atomic mass is 28.1. The van der Waals surface area contributed by atoms with Gasteiger partial charge in [0.2, 0.25) is 5.91 Å². The van der Waals surface area contributed by atoms with Gasteiger partial charge in [-0.1, -0.05) is 36.0 Å². The lowest BCUT2D eigenvalue weighted by Gasteiger charge is -2.04. The molecule has 3 radical (unpaired) electrons. The van der Waals surface area contributed by atoms with Crippen molar-refractivity contribution in [3.63, 3.8) is 0 Å². The number of hydrogen-bond acceptors (Lipinski definition) is 1. The number of amides is 1. The van der Waals surface area contributed by atoms with E-state index in [1.165, 1.54) is 0 Å². The quantitative estimate of drug-likeness (QED) is 0.497. The summed E-state index contributed by atoms with van der Waals surface area (Å²) in [5.41, 5.74) is 6.13. The van der Waals surface area contributed by atoms with Gasteiger partial charge in [0.25, 0.3) is 0 Å². The molecule has 1 rings (SSSR count). The molecular formula is C9H8NOSi. The first kappa shape index (κ1) is 8.74. The number of carbonyl (C=O) groups is 1. The standard InChI is InChI=1S/C9H8NOSi/c1-6(9(10)11)7-4-2-3-5-8(7)12/h2-5H,1H2,(H2,10,11). The van der Waals surface area contributed by atoms with E-state index in [2.05, 4.69) is 16.8 Å². The summed E-state index contributed by atoms with van der Waals surface area (Å²) in [5.74, 6) is -0.499. The zero-order valence-corrected chi connectivity index (χ0v) is 7.50. The van der Waals surface area contributed by atoms with Crippen LogP contribution < -0.4 is 10.9 Å². The molecule has 0 aliphatic heterocycles. The Balaban J connectivity index is 3.11. The van der Waals surface area contributed by atoms with Crippen molar-refractivity contribution in [3.8, 4) is 0 Å². The second kappa shape index (κ2) is 3.36. The van der Waals surface area contributed by atoms with E-state index in [-0.39, 0.29) is 0 Å². The molecule has 0 aliphatic rings. The summed E-state index contributed by atoms with van der Waals surface area (Å²) in [7, 11) is 3.35. The number of nitrogens with two attached hydrogens (primary N) is 1. The molecule has 3 heteroatoms. The van der Waals surface area contributed by atoms with Gasteiger partial charge in [0.1, 0.15) is 0 Å². The minimum Gasteiger partial charge on any atom is -0.366 e. The summed E-state index contributed by atoms with van der Waals surface area (Å²) in [6, 6.07) is 7.31. The van der Waals surface area contributed by atoms with Gasteiger partial charge in [0.15, 0.2) is 0 Å². The molecule has 0 atom stereocenters. The predicted molar refractivity (Wildman–Crippen MR) is 50.1 cm³/mol. The molecule has 2 nitrogen and oxygen atoms in total. The van der Waals surface area contributed by atoms with E-state index in [4.69, 9.17) is 5.73 Å². The smallest absolute Gasteiger partial charge is 0.248 e. The third kappa shape index (κ3) is 1.62. The third-order valence-electron chi connectivity index (χ3n) is 1.55. The Morgan fingerprint density at radius 2 is 2.00 bits per heavy atom. The van der Waals surface area contributed by atoms with Crippen LogP contribution in [0.5, 0.6) is 0 Å². The molecule has 12 heavy (non-hydrogen) atoms. The Morgan fingerprint density at radius 1 is 1.42 bits per heavy atom. The Kier molecular flexibility index (Phi) is 2.45. The fourth-order valence-corrected chi connectivity index (χ4v) is 1.21. The minimum absolute atomic E-state index is 0.320. The summed E-state index contributed by atoms with van der Waals surface area (Å²) in [6.07, 6.45) is 0. The molecule has 0 spiro atoms. The fraction of sp³-hybridized carbons (Fsp3) is 0. The SMILES string of the molecule is C=C(C(N)=O)c1ccccc1[Si]. The van der Waals surface area contributed by atoms with Crippen LogP contribution in [0.25, 0.3) is 5.57 Å². The molecule has 0 fully saturated rings. The maximum Gasteiger partial charge on any atom is 0.248 e. The Bertz CT molecular complexity index is 333. The van der Waals surface area contributed by atoms with Crippen molar-refractivity contribution in [2.75, 3.05) is 0 Å². The Morgan fingerprint density at radius 3 is 2.50 bits per heavy atom. The van der Waals surface area contributed by atoms with Crippen LogP contribution in [0.4, 0.5) is 0 Å². The van der Waals surface area contributed by atoms with Crippen molar-refractivity contribution < 1.29 is 4.79 Å². The third-order valence-corrected chi connectivity index (χ3v) is 1.99. The van der Waals surface area contributed by atoms with Crippen LogP contribution in [-0.2, 0) is 4.79 Å². The molecule has 1 amide bonds. The van der Waals surface area contributed by atoms with E-state index < -0.39 is 5.91 Å². The van der Waals surface area contributed by atoms with Crippen LogP contribution in [0.15, 0.2) is 30.8 Å². The summed E-state index contributed by atoms with van der Waals surface area (Å²) in [6.45, 7) is 3.58. The molecule has 0 bridgehead atoms. The number of hydrogen-bond donors (Lipinski definition) is 1. The topological polar surface area (TPSA) is 43.1 Å². The van der Waals surface area contributed by atoms with Gasteiger partial charge >= 0.3 is 0 Å². The summed E-state index contributed by atoms with van der Waals surface area (Å²) in [5, 5.41) is 0.821. The van der Waals surface area contributed by atoms with Gasteiger partial charge in [-0.3, -0.25) is 4.79 Å². The number of rotatable bonds is 2. The van der Waals surface area contributed by atoms with Crippen molar-refractivity contribution in [2.45, 2.75) is 0 Å². The highest BCUT2D eigenvalue weighted by Crippen LogP contribution is 2.07. The van der Waals surface area contributed by atoms with Crippen LogP contribution in [0.1, 0.15) is 5.56 Å². The molecule has 0 aromatic heterocycles. The van der Waals surface area contributed by atoms with Gasteiger partial charge in [-0.2, -0.15) is 0 Å². The van der Waals surface area contributed by atoms with Crippen LogP contribution in [0.3, 0.4) is 0 Å². The van der Waals surface area contributed by atoms with Crippen molar-refractivity contribution in [3.05, 3.63) is 36.4 Å². The molecule has 0 heterocycles. The lowest BCUT2D eigenvalue weighted by molar-refractivity contribution is -0.112. The lowest BCUT2D eigenvalue weighted by Crippen LogP contribution is -2.18. The van der Waals surface area contributed by atoms with Gasteiger partial charge in [0, 0.05) is 5.57 Å². The molecule has 0 saturated heterocycles. The van der Waals surface area contributed by atoms with Crippen molar-refractivity contribution in [1.82, 2.24) is 0 Å². The Hall–Kier alpha value is -1.35. The first-order valence-electron chi connectivity index (χ1n) is 3.42. The van der Waals surface area contributed by atoms with E-state index in [9.17, 15) is 4.79 Å². The van der Waals surface area contributed by atoms with Gasteiger partial charge in [0.05, 0.1) is 10.2 Å². The highest BCUT2D eigenvalue weighted by Gasteiger charge is 2.06. The van der Waals surface area contributed by atoms with Crippen LogP contribution in [0.2, 0.25) is 0 Å². The zero-order chi connectivity index (χ0) is 9.14. The predicted octanol–water partition coefficient (Wildman–Crippen LogP) is -0.0211. The first-order chi connectivity index (χ1) is 5.63. The monoisotopic (exact) mass is 174 g/mol. The largest absolute Gasteiger partial charge is 0.366 e. The molecule has 0 saturated carbocycles. The van der Waals surface area contributed by atoms with E-state index in [0.717, 1.165) is 10.8 Å². The molecule has 59 valence electrons. The Labute approximate surface area is 74.5 Å². The molecule has 1 aromatic rings. The van der Waals surface area contributed by atoms with E-state index in [1.54, 1.807) is 6.07 Å². The summed E-state index contributed by atoms with van der Waals surface area (Å²) >= 11 is 0. The summed E-state index contributed by atoms with van der Waals surface area (Å²) < 4.78 is 0. The van der Waals surface area contributed by atoms with E-state index in [0.29, 0.717) is 5.57 Å². The van der Waals surface area contributed by atoms with E-state index >= 15 is 0 Å². The molecule has 1 aromatic carbocycles. The van der Waals surface area contributed by atoms with Gasteiger partial charge in [-0.05, 0) is 5.56 Å². The minimum atomic E-state index is -0.499. The van der Waals surface area contributed by atoms with Crippen LogP contribution in [-0.4, -0.2) is 16.1 Å². The van der Waals surface area contributed by atoms with Gasteiger partial charge < -0.3 is 5.73 Å². The maximum absolute atomic E-state index is 10.8. The number of primary amides is 1. The van der Waals surface area contributed by atoms with Gasteiger partial charge in [-0.25, -0.2) is 0 Å². The summed E-state index contributed by atoms with van der Waals surface area (Å²) in [4.78, 5) is 10.8. The van der Waals surface area contributed by atoms with Crippen LogP contribution in [0, 0.1) is 0 Å². The zero-order valence-electron chi connectivity index (χ0n) is 6.50. The van der Waals surface area contributed by atoms with Crippen molar-refractivity contribution >= 4 is 26.9 Å². The van der Waals surface area contributed by atoms with Crippen LogP contribution >= 0.6 is 0 Å². The van der Waals surface area contributed by atoms with Gasteiger partial charge in [-0.15, -0.1) is 0 Å². The van der Waals surface area contributed by atoms with Crippen molar-refractivity contribution in [2.24, 2.45) is 5.73 Å². The molecular weight excluding hydrogens is 166 g/mol. The van der Waals surface area contributed by atoms with E-state index in [1.807, 2.05) is 18.2 Å².